The van der Waals surface area contributed by atoms with Crippen LogP contribution >= 0.6 is 11.6 Å². The fourth-order valence-corrected chi connectivity index (χ4v) is 0.542. The molecule has 1 nitrogen and oxygen atoms in total. The van der Waals surface area contributed by atoms with Gasteiger partial charge in [-0.15, -0.1) is 0 Å². The Bertz CT molecular complexity index is 228. The minimum Gasteiger partial charge on any atom is -0.242 e. The number of pyridine rings is 1. The Labute approximate surface area is 58.3 Å². The van der Waals surface area contributed by atoms with Crippen molar-refractivity contribution < 1.29 is 4.39 Å². The van der Waals surface area contributed by atoms with Gasteiger partial charge < -0.3 is 0 Å². The smallest absolute Gasteiger partial charge is 0.141 e. The van der Waals surface area contributed by atoms with Crippen molar-refractivity contribution in [1.82, 2.24) is 4.98 Å². The normalized spacial score (nSPS) is 9.56. The molecule has 0 aliphatic rings. The average molecular weight is 141 g/mol. The minimum absolute atomic E-state index is 0.136. The van der Waals surface area contributed by atoms with Gasteiger partial charge in [0.1, 0.15) is 18.8 Å². The summed E-state index contributed by atoms with van der Waals surface area (Å²) in [7, 11) is 5.19. The predicted octanol–water partition coefficient (Wildman–Crippen LogP) is 0.668. The van der Waals surface area contributed by atoms with E-state index in [1.165, 1.54) is 0 Å². The first-order valence-corrected chi connectivity index (χ1v) is 2.64. The first-order valence-electron chi connectivity index (χ1n) is 2.26. The van der Waals surface area contributed by atoms with Gasteiger partial charge >= 0.3 is 0 Å². The van der Waals surface area contributed by atoms with Gasteiger partial charge in [-0.05, 0) is 6.07 Å². The molecule has 4 heteroatoms. The summed E-state index contributed by atoms with van der Waals surface area (Å²) in [6.45, 7) is 0. The Morgan fingerprint density at radius 1 is 1.67 bits per heavy atom. The van der Waals surface area contributed by atoms with Gasteiger partial charge in [0.15, 0.2) is 0 Å². The largest absolute Gasteiger partial charge is 0.242 e. The van der Waals surface area contributed by atoms with Gasteiger partial charge in [0.25, 0.3) is 0 Å². The van der Waals surface area contributed by atoms with Gasteiger partial charge in [-0.25, -0.2) is 9.37 Å². The molecule has 0 aliphatic carbocycles. The Hall–Kier alpha value is -0.565. The summed E-state index contributed by atoms with van der Waals surface area (Å²) in [6, 6.07) is 1.12. The van der Waals surface area contributed by atoms with Crippen molar-refractivity contribution in [3.63, 3.8) is 0 Å². The molecule has 0 aromatic carbocycles. The topological polar surface area (TPSA) is 12.9 Å². The Morgan fingerprint density at radius 3 is 2.78 bits per heavy atom. The van der Waals surface area contributed by atoms with E-state index in [9.17, 15) is 4.39 Å². The van der Waals surface area contributed by atoms with E-state index in [1.54, 1.807) is 0 Å². The van der Waals surface area contributed by atoms with Gasteiger partial charge in [0.05, 0.1) is 6.20 Å². The van der Waals surface area contributed by atoms with E-state index in [-0.39, 0.29) is 10.6 Å². The zero-order chi connectivity index (χ0) is 6.85. The van der Waals surface area contributed by atoms with E-state index < -0.39 is 5.82 Å². The molecule has 0 amide bonds. The number of halogens is 2. The maximum atomic E-state index is 12.1. The van der Waals surface area contributed by atoms with Crippen LogP contribution in [-0.2, 0) is 0 Å². The molecule has 0 saturated heterocycles. The van der Waals surface area contributed by atoms with E-state index in [1.807, 2.05) is 0 Å². The summed E-state index contributed by atoms with van der Waals surface area (Å²) in [5, 5.41) is 0.136. The van der Waals surface area contributed by atoms with Crippen LogP contribution in [0.25, 0.3) is 0 Å². The number of nitrogens with zero attached hydrogens (tertiary/aromatic N) is 1. The fraction of sp³-hybridized carbons (Fsp3) is 0. The lowest BCUT2D eigenvalue weighted by Gasteiger charge is -1.93. The summed E-state index contributed by atoms with van der Waals surface area (Å²) in [6.07, 6.45) is 1.01. The van der Waals surface area contributed by atoms with E-state index in [0.29, 0.717) is 0 Å². The van der Waals surface area contributed by atoms with Crippen molar-refractivity contribution in [3.8, 4) is 0 Å². The Morgan fingerprint density at radius 2 is 2.33 bits per heavy atom. The van der Waals surface area contributed by atoms with Crippen LogP contribution in [0.4, 0.5) is 4.39 Å². The minimum atomic E-state index is -0.475. The third-order valence-corrected chi connectivity index (χ3v) is 1.15. The molecule has 44 valence electrons. The molecule has 1 aromatic heterocycles. The second-order valence-corrected chi connectivity index (χ2v) is 1.89. The van der Waals surface area contributed by atoms with Crippen LogP contribution in [0.2, 0.25) is 5.15 Å². The lowest BCUT2D eigenvalue weighted by molar-refractivity contribution is 0.623. The second-order valence-electron chi connectivity index (χ2n) is 1.53. The van der Waals surface area contributed by atoms with Crippen LogP contribution in [0.15, 0.2) is 12.3 Å². The molecule has 0 bridgehead atoms. The molecule has 0 unspecified atom stereocenters. The highest BCUT2D eigenvalue weighted by Crippen LogP contribution is 1.98. The SMILES string of the molecule is [B]c1cc(F)cnc1Cl. The highest BCUT2D eigenvalue weighted by Gasteiger charge is 1.95. The van der Waals surface area contributed by atoms with Crippen LogP contribution in [0.3, 0.4) is 0 Å². The number of rotatable bonds is 0. The zero-order valence-electron chi connectivity index (χ0n) is 4.44. The summed E-state index contributed by atoms with van der Waals surface area (Å²) >= 11 is 5.38. The van der Waals surface area contributed by atoms with Gasteiger partial charge in [0.2, 0.25) is 0 Å². The first-order chi connectivity index (χ1) is 4.20. The van der Waals surface area contributed by atoms with E-state index in [0.717, 1.165) is 12.3 Å². The number of hydrogen-bond acceptors (Lipinski definition) is 1. The van der Waals surface area contributed by atoms with Crippen molar-refractivity contribution in [2.45, 2.75) is 0 Å². The van der Waals surface area contributed by atoms with Crippen LogP contribution in [0.1, 0.15) is 0 Å². The molecular weight excluding hydrogens is 139 g/mol. The van der Waals surface area contributed by atoms with Crippen molar-refractivity contribution in [2.75, 3.05) is 0 Å². The number of hydrogen-bond donors (Lipinski definition) is 0. The lowest BCUT2D eigenvalue weighted by atomic mass is 9.99. The van der Waals surface area contributed by atoms with Gasteiger partial charge in [-0.3, -0.25) is 0 Å². The highest BCUT2D eigenvalue weighted by molar-refractivity contribution is 6.44. The molecular formula is C5H2BClFN. The van der Waals surface area contributed by atoms with Crippen LogP contribution < -0.4 is 5.46 Å². The first kappa shape index (κ1) is 6.55. The van der Waals surface area contributed by atoms with Crippen LogP contribution in [0, 0.1) is 5.82 Å². The monoisotopic (exact) mass is 141 g/mol. The molecule has 0 aliphatic heterocycles. The molecule has 0 spiro atoms. The molecule has 0 N–H and O–H groups in total. The van der Waals surface area contributed by atoms with Crippen molar-refractivity contribution in [2.24, 2.45) is 0 Å². The van der Waals surface area contributed by atoms with Crippen molar-refractivity contribution >= 4 is 24.9 Å². The molecule has 1 heterocycles. The highest BCUT2D eigenvalue weighted by atomic mass is 35.5. The van der Waals surface area contributed by atoms with Gasteiger partial charge in [-0.2, -0.15) is 0 Å². The maximum absolute atomic E-state index is 12.1. The molecule has 0 saturated carbocycles. The van der Waals surface area contributed by atoms with E-state index in [4.69, 9.17) is 19.4 Å². The number of aromatic nitrogens is 1. The average Bonchev–Trinajstić information content (AvgIpc) is 1.80. The standard InChI is InChI=1S/C5H2BClFN/c6-4-1-3(8)2-9-5(4)7/h1-2H. The summed E-state index contributed by atoms with van der Waals surface area (Å²) in [4.78, 5) is 3.44. The summed E-state index contributed by atoms with van der Waals surface area (Å²) < 4.78 is 12.1. The molecule has 0 atom stereocenters. The van der Waals surface area contributed by atoms with Crippen LogP contribution in [0.5, 0.6) is 0 Å². The van der Waals surface area contributed by atoms with Gasteiger partial charge in [-0.1, -0.05) is 17.1 Å². The Balaban J connectivity index is 3.17. The van der Waals surface area contributed by atoms with E-state index >= 15 is 0 Å². The zero-order valence-corrected chi connectivity index (χ0v) is 5.19. The summed E-state index contributed by atoms with van der Waals surface area (Å²) in [5.41, 5.74) is 0.164. The summed E-state index contributed by atoms with van der Waals surface area (Å²) in [5.74, 6) is -0.475. The lowest BCUT2D eigenvalue weighted by Crippen LogP contribution is -2.06. The maximum Gasteiger partial charge on any atom is 0.141 e. The van der Waals surface area contributed by atoms with Gasteiger partial charge in [0, 0.05) is 0 Å². The third kappa shape index (κ3) is 1.42. The molecule has 9 heavy (non-hydrogen) atoms. The second kappa shape index (κ2) is 2.35. The van der Waals surface area contributed by atoms with Crippen LogP contribution in [-0.4, -0.2) is 12.8 Å². The molecule has 0 fully saturated rings. The molecule has 1 aromatic rings. The molecule has 1 rings (SSSR count). The predicted molar refractivity (Wildman–Crippen MR) is 34.6 cm³/mol. The molecule has 2 radical (unpaired) electrons. The third-order valence-electron chi connectivity index (χ3n) is 0.833. The van der Waals surface area contributed by atoms with Crippen molar-refractivity contribution in [1.29, 1.82) is 0 Å². The van der Waals surface area contributed by atoms with Crippen molar-refractivity contribution in [3.05, 3.63) is 23.2 Å². The van der Waals surface area contributed by atoms with E-state index in [2.05, 4.69) is 4.98 Å². The fourth-order valence-electron chi connectivity index (χ4n) is 0.438. The quantitative estimate of drug-likeness (QED) is 0.382. The Kier molecular flexibility index (Phi) is 1.71.